The van der Waals surface area contributed by atoms with Gasteiger partial charge in [0.2, 0.25) is 0 Å². The Balaban J connectivity index is 4.06. The van der Waals surface area contributed by atoms with Crippen LogP contribution in [0.4, 0.5) is 0 Å². The van der Waals surface area contributed by atoms with E-state index in [0.29, 0.717) is 5.90 Å². The van der Waals surface area contributed by atoms with Gasteiger partial charge in [-0.25, -0.2) is 4.99 Å². The summed E-state index contributed by atoms with van der Waals surface area (Å²) in [6, 6.07) is 0. The van der Waals surface area contributed by atoms with Crippen LogP contribution in [0.3, 0.4) is 0 Å². The zero-order chi connectivity index (χ0) is 8.69. The Morgan fingerprint density at radius 2 is 2.27 bits per heavy atom. The minimum Gasteiger partial charge on any atom is -0.484 e. The second-order valence-corrected chi connectivity index (χ2v) is 2.11. The summed E-state index contributed by atoms with van der Waals surface area (Å²) in [7, 11) is 3.49. The Morgan fingerprint density at radius 3 is 2.64 bits per heavy atom. The van der Waals surface area contributed by atoms with Crippen molar-refractivity contribution in [1.29, 1.82) is 0 Å². The molecule has 0 aromatic heterocycles. The van der Waals surface area contributed by atoms with Crippen molar-refractivity contribution in [2.75, 3.05) is 14.2 Å². The molecule has 0 aliphatic rings. The lowest BCUT2D eigenvalue weighted by Crippen LogP contribution is -2.04. The van der Waals surface area contributed by atoms with Crippen molar-refractivity contribution in [3.63, 3.8) is 0 Å². The van der Waals surface area contributed by atoms with Crippen LogP contribution in [0.2, 0.25) is 0 Å². The summed E-state index contributed by atoms with van der Waals surface area (Å²) in [6.45, 7) is 3.89. The largest absolute Gasteiger partial charge is 0.484 e. The van der Waals surface area contributed by atoms with Crippen LogP contribution in [-0.4, -0.2) is 20.1 Å². The Labute approximate surface area is 68.2 Å². The summed E-state index contributed by atoms with van der Waals surface area (Å²) < 4.78 is 4.87. The molecule has 0 fully saturated rings. The highest BCUT2D eigenvalue weighted by atomic mass is 16.5. The number of aliphatic imine (C=N–C) groups is 1. The molecular weight excluding hydrogens is 140 g/mol. The van der Waals surface area contributed by atoms with Gasteiger partial charge in [-0.05, 0) is 6.42 Å². The number of rotatable bonds is 3. The van der Waals surface area contributed by atoms with E-state index in [1.165, 1.54) is 0 Å². The fraction of sp³-hybridized carbons (Fsp3) is 0.625. The maximum Gasteiger partial charge on any atom is 0.184 e. The van der Waals surface area contributed by atoms with Gasteiger partial charge >= 0.3 is 0 Å². The highest BCUT2D eigenvalue weighted by molar-refractivity contribution is 5.73. The molecule has 0 aromatic rings. The molecule has 0 saturated carbocycles. The lowest BCUT2D eigenvalue weighted by Gasteiger charge is -2.00. The van der Waals surface area contributed by atoms with Crippen molar-refractivity contribution in [3.05, 3.63) is 11.9 Å². The molecular formula is C8H16N2O. The van der Waals surface area contributed by atoms with E-state index in [1.54, 1.807) is 13.3 Å². The third-order valence-corrected chi connectivity index (χ3v) is 1.40. The van der Waals surface area contributed by atoms with E-state index in [9.17, 15) is 0 Å². The Bertz CT molecular complexity index is 155. The predicted octanol–water partition coefficient (Wildman–Crippen LogP) is 1.52. The highest BCUT2D eigenvalue weighted by Crippen LogP contribution is 1.94. The quantitative estimate of drug-likeness (QED) is 0.496. The van der Waals surface area contributed by atoms with Crippen molar-refractivity contribution in [3.8, 4) is 0 Å². The summed E-state index contributed by atoms with van der Waals surface area (Å²) in [5, 5.41) is 3.03. The molecule has 64 valence electrons. The molecule has 0 heterocycles. The molecule has 3 heteroatoms. The zero-order valence-corrected chi connectivity index (χ0v) is 7.64. The predicted molar refractivity (Wildman–Crippen MR) is 47.6 cm³/mol. The Hall–Kier alpha value is -0.990. The summed E-state index contributed by atoms with van der Waals surface area (Å²) in [5.41, 5.74) is 1.10. The highest BCUT2D eigenvalue weighted by Gasteiger charge is 1.87. The fourth-order valence-electron chi connectivity index (χ4n) is 0.554. The molecule has 0 amide bonds. The zero-order valence-electron chi connectivity index (χ0n) is 7.64. The molecule has 0 atom stereocenters. The first-order chi connectivity index (χ1) is 5.24. The van der Waals surface area contributed by atoms with Gasteiger partial charge in [-0.2, -0.15) is 0 Å². The normalized spacial score (nSPS) is 13.1. The van der Waals surface area contributed by atoms with Gasteiger partial charge < -0.3 is 10.1 Å². The van der Waals surface area contributed by atoms with Crippen LogP contribution < -0.4 is 5.32 Å². The van der Waals surface area contributed by atoms with Crippen LogP contribution >= 0.6 is 0 Å². The van der Waals surface area contributed by atoms with E-state index < -0.39 is 0 Å². The number of hydrogen-bond donors (Lipinski definition) is 1. The number of nitrogens with zero attached hydrogens (tertiary/aromatic N) is 1. The summed E-state index contributed by atoms with van der Waals surface area (Å²) in [6.07, 6.45) is 2.73. The first-order valence-corrected chi connectivity index (χ1v) is 3.69. The molecule has 0 aliphatic heterocycles. The van der Waals surface area contributed by atoms with Gasteiger partial charge in [0, 0.05) is 25.9 Å². The number of methoxy groups -OCH3 is 1. The summed E-state index contributed by atoms with van der Waals surface area (Å²) >= 11 is 0. The monoisotopic (exact) mass is 156 g/mol. The first kappa shape index (κ1) is 10.0. The lowest BCUT2D eigenvalue weighted by molar-refractivity contribution is 0.400. The fourth-order valence-corrected chi connectivity index (χ4v) is 0.554. The molecule has 3 nitrogen and oxygen atoms in total. The Morgan fingerprint density at radius 1 is 1.64 bits per heavy atom. The second kappa shape index (κ2) is 5.77. The molecule has 0 aromatic carbocycles. The van der Waals surface area contributed by atoms with Crippen molar-refractivity contribution in [1.82, 2.24) is 5.32 Å². The molecule has 1 N–H and O–H groups in total. The summed E-state index contributed by atoms with van der Waals surface area (Å²) in [4.78, 5) is 4.05. The van der Waals surface area contributed by atoms with E-state index in [4.69, 9.17) is 4.74 Å². The number of ether oxygens (including phenoxy) is 1. The van der Waals surface area contributed by atoms with Crippen LogP contribution in [0.25, 0.3) is 0 Å². The van der Waals surface area contributed by atoms with Crippen LogP contribution in [0.1, 0.15) is 20.3 Å². The van der Waals surface area contributed by atoms with Crippen LogP contribution in [0, 0.1) is 0 Å². The molecule has 0 radical (unpaired) electrons. The molecule has 0 saturated heterocycles. The van der Waals surface area contributed by atoms with Crippen molar-refractivity contribution in [2.24, 2.45) is 4.99 Å². The van der Waals surface area contributed by atoms with Gasteiger partial charge in [0.05, 0.1) is 7.11 Å². The van der Waals surface area contributed by atoms with Crippen LogP contribution in [0.5, 0.6) is 0 Å². The minimum absolute atomic E-state index is 0.672. The molecule has 0 bridgehead atoms. The lowest BCUT2D eigenvalue weighted by atomic mass is 10.4. The minimum atomic E-state index is 0.672. The van der Waals surface area contributed by atoms with Gasteiger partial charge in [0.1, 0.15) is 0 Å². The maximum atomic E-state index is 4.87. The second-order valence-electron chi connectivity index (χ2n) is 2.11. The smallest absolute Gasteiger partial charge is 0.184 e. The topological polar surface area (TPSA) is 33.6 Å². The van der Waals surface area contributed by atoms with E-state index in [2.05, 4.69) is 17.2 Å². The summed E-state index contributed by atoms with van der Waals surface area (Å²) in [5.74, 6) is 0.672. The number of hydrogen-bond acceptors (Lipinski definition) is 3. The average Bonchev–Trinajstić information content (AvgIpc) is 2.06. The van der Waals surface area contributed by atoms with E-state index in [0.717, 1.165) is 12.1 Å². The van der Waals surface area contributed by atoms with Gasteiger partial charge in [-0.3, -0.25) is 0 Å². The van der Waals surface area contributed by atoms with Crippen LogP contribution in [0.15, 0.2) is 16.9 Å². The van der Waals surface area contributed by atoms with Gasteiger partial charge in [0.15, 0.2) is 5.90 Å². The van der Waals surface area contributed by atoms with Crippen molar-refractivity contribution < 1.29 is 4.74 Å². The van der Waals surface area contributed by atoms with Crippen molar-refractivity contribution >= 4 is 5.90 Å². The van der Waals surface area contributed by atoms with E-state index in [-0.39, 0.29) is 0 Å². The molecule has 0 rings (SSSR count). The third-order valence-electron chi connectivity index (χ3n) is 1.40. The van der Waals surface area contributed by atoms with E-state index in [1.807, 2.05) is 14.0 Å². The van der Waals surface area contributed by atoms with Gasteiger partial charge in [-0.15, -0.1) is 0 Å². The molecule has 11 heavy (non-hydrogen) atoms. The Kier molecular flexibility index (Phi) is 5.25. The average molecular weight is 156 g/mol. The van der Waals surface area contributed by atoms with Crippen molar-refractivity contribution in [2.45, 2.75) is 20.3 Å². The molecule has 0 aliphatic carbocycles. The SMILES string of the molecule is CC/C(=C\N=C(C)OC)NC. The maximum absolute atomic E-state index is 4.87. The van der Waals surface area contributed by atoms with Gasteiger partial charge in [-0.1, -0.05) is 6.92 Å². The van der Waals surface area contributed by atoms with Gasteiger partial charge in [0.25, 0.3) is 0 Å². The first-order valence-electron chi connectivity index (χ1n) is 3.69. The number of nitrogens with one attached hydrogen (secondary N) is 1. The molecule has 0 unspecified atom stereocenters. The van der Waals surface area contributed by atoms with E-state index >= 15 is 0 Å². The number of allylic oxidation sites excluding steroid dienone is 1. The molecule has 0 spiro atoms. The standard InChI is InChI=1S/C8H16N2O/c1-5-8(9-3)6-10-7(2)11-4/h6,9H,5H2,1-4H3/b8-6+,10-7?. The van der Waals surface area contributed by atoms with Crippen LogP contribution in [-0.2, 0) is 4.74 Å². The third kappa shape index (κ3) is 4.42.